The van der Waals surface area contributed by atoms with Gasteiger partial charge in [0.2, 0.25) is 0 Å². The lowest BCUT2D eigenvalue weighted by atomic mass is 10.1. The van der Waals surface area contributed by atoms with Gasteiger partial charge in [-0.25, -0.2) is 9.97 Å². The lowest BCUT2D eigenvalue weighted by molar-refractivity contribution is 0.634. The predicted molar refractivity (Wildman–Crippen MR) is 100 cm³/mol. The van der Waals surface area contributed by atoms with Crippen LogP contribution in [0, 0.1) is 5.92 Å². The van der Waals surface area contributed by atoms with Crippen molar-refractivity contribution in [1.29, 1.82) is 0 Å². The number of aromatic nitrogens is 2. The molecule has 0 unspecified atom stereocenters. The summed E-state index contributed by atoms with van der Waals surface area (Å²) < 4.78 is 0. The molecule has 0 bridgehead atoms. The lowest BCUT2D eigenvalue weighted by Gasteiger charge is -2.14. The molecule has 0 saturated carbocycles. The molecule has 0 amide bonds. The highest BCUT2D eigenvalue weighted by molar-refractivity contribution is 5.72. The van der Waals surface area contributed by atoms with Gasteiger partial charge in [0, 0.05) is 11.4 Å². The summed E-state index contributed by atoms with van der Waals surface area (Å²) in [5.41, 5.74) is 2.96. The van der Waals surface area contributed by atoms with Crippen molar-refractivity contribution in [3.05, 3.63) is 72.6 Å². The number of nitrogens with one attached hydrogen (secondary N) is 2. The summed E-state index contributed by atoms with van der Waals surface area (Å²) in [6, 6.07) is 20.0. The van der Waals surface area contributed by atoms with Crippen LogP contribution in [0.15, 0.2) is 66.9 Å². The van der Waals surface area contributed by atoms with Gasteiger partial charge in [-0.05, 0) is 36.6 Å². The summed E-state index contributed by atoms with van der Waals surface area (Å²) in [6.07, 6.45) is 2.75. The molecule has 2 N–H and O–H groups in total. The van der Waals surface area contributed by atoms with Crippen molar-refractivity contribution < 1.29 is 0 Å². The van der Waals surface area contributed by atoms with Gasteiger partial charge in [0.05, 0.1) is 11.9 Å². The Balaban J connectivity index is 1.91. The summed E-state index contributed by atoms with van der Waals surface area (Å²) in [6.45, 7) is 4.37. The van der Waals surface area contributed by atoms with Crippen LogP contribution in [0.1, 0.15) is 19.5 Å². The van der Waals surface area contributed by atoms with Crippen molar-refractivity contribution in [2.75, 3.05) is 10.6 Å². The first-order valence-electron chi connectivity index (χ1n) is 8.21. The molecule has 4 heteroatoms. The fraction of sp³-hybridized carbons (Fsp3) is 0.200. The average Bonchev–Trinajstić information content (AvgIpc) is 2.59. The second kappa shape index (κ2) is 7.59. The highest BCUT2D eigenvalue weighted by atomic mass is 15.1. The zero-order valence-corrected chi connectivity index (χ0v) is 14.0. The molecule has 3 aromatic rings. The van der Waals surface area contributed by atoms with Crippen LogP contribution in [-0.4, -0.2) is 9.97 Å². The Morgan fingerprint density at radius 1 is 0.792 bits per heavy atom. The largest absolute Gasteiger partial charge is 0.337 e. The maximum absolute atomic E-state index is 4.77. The number of para-hydroxylation sites is 2. The third kappa shape index (κ3) is 4.32. The Morgan fingerprint density at radius 3 is 1.88 bits per heavy atom. The molecule has 0 aliphatic heterocycles. The van der Waals surface area contributed by atoms with Gasteiger partial charge in [-0.15, -0.1) is 0 Å². The second-order valence-corrected chi connectivity index (χ2v) is 6.14. The van der Waals surface area contributed by atoms with Gasteiger partial charge < -0.3 is 10.6 Å². The normalized spacial score (nSPS) is 10.6. The number of hydrogen-bond donors (Lipinski definition) is 2. The van der Waals surface area contributed by atoms with Crippen LogP contribution in [0.25, 0.3) is 0 Å². The van der Waals surface area contributed by atoms with Gasteiger partial charge in [-0.1, -0.05) is 50.2 Å². The molecule has 1 aromatic heterocycles. The molecule has 122 valence electrons. The topological polar surface area (TPSA) is 49.8 Å². The SMILES string of the molecule is CC(C)Cc1cnc(Nc2ccccc2)c(Nc2ccccc2)n1. The van der Waals surface area contributed by atoms with Crippen molar-refractivity contribution in [2.45, 2.75) is 20.3 Å². The van der Waals surface area contributed by atoms with Crippen LogP contribution >= 0.6 is 0 Å². The van der Waals surface area contributed by atoms with Crippen molar-refractivity contribution >= 4 is 23.0 Å². The van der Waals surface area contributed by atoms with Crippen LogP contribution in [-0.2, 0) is 6.42 Å². The summed E-state index contributed by atoms with van der Waals surface area (Å²) in [5, 5.41) is 6.71. The molecular weight excluding hydrogens is 296 g/mol. The van der Waals surface area contributed by atoms with Crippen molar-refractivity contribution in [3.63, 3.8) is 0 Å². The summed E-state index contributed by atoms with van der Waals surface area (Å²) in [5.74, 6) is 2.00. The van der Waals surface area contributed by atoms with Gasteiger partial charge in [0.15, 0.2) is 11.6 Å². The molecule has 0 fully saturated rings. The predicted octanol–water partition coefficient (Wildman–Crippen LogP) is 5.16. The van der Waals surface area contributed by atoms with Crippen LogP contribution in [0.5, 0.6) is 0 Å². The highest BCUT2D eigenvalue weighted by Gasteiger charge is 2.10. The van der Waals surface area contributed by atoms with E-state index in [9.17, 15) is 0 Å². The van der Waals surface area contributed by atoms with E-state index >= 15 is 0 Å². The summed E-state index contributed by atoms with van der Waals surface area (Å²) >= 11 is 0. The van der Waals surface area contributed by atoms with Gasteiger partial charge in [-0.2, -0.15) is 0 Å². The molecule has 0 radical (unpaired) electrons. The van der Waals surface area contributed by atoms with Gasteiger partial charge >= 0.3 is 0 Å². The Hall–Kier alpha value is -2.88. The van der Waals surface area contributed by atoms with E-state index < -0.39 is 0 Å². The zero-order valence-electron chi connectivity index (χ0n) is 14.0. The van der Waals surface area contributed by atoms with E-state index in [-0.39, 0.29) is 0 Å². The number of rotatable bonds is 6. The van der Waals surface area contributed by atoms with Gasteiger partial charge in [-0.3, -0.25) is 0 Å². The van der Waals surface area contributed by atoms with Crippen LogP contribution in [0.4, 0.5) is 23.0 Å². The Kier molecular flexibility index (Phi) is 5.06. The minimum absolute atomic E-state index is 0.539. The molecule has 4 nitrogen and oxygen atoms in total. The maximum atomic E-state index is 4.77. The molecule has 0 spiro atoms. The summed E-state index contributed by atoms with van der Waals surface area (Å²) in [4.78, 5) is 9.36. The quantitative estimate of drug-likeness (QED) is 0.659. The van der Waals surface area contributed by atoms with Gasteiger partial charge in [0.1, 0.15) is 0 Å². The lowest BCUT2D eigenvalue weighted by Crippen LogP contribution is -2.06. The molecule has 3 rings (SSSR count). The molecule has 0 aliphatic rings. The minimum atomic E-state index is 0.539. The van der Waals surface area contributed by atoms with Crippen LogP contribution in [0.3, 0.4) is 0 Å². The third-order valence-corrected chi connectivity index (χ3v) is 3.51. The molecule has 1 heterocycles. The monoisotopic (exact) mass is 318 g/mol. The van der Waals surface area contributed by atoms with E-state index in [4.69, 9.17) is 4.98 Å². The first kappa shape index (κ1) is 16.0. The Morgan fingerprint density at radius 2 is 1.33 bits per heavy atom. The first-order chi connectivity index (χ1) is 11.7. The fourth-order valence-electron chi connectivity index (χ4n) is 2.44. The van der Waals surface area contributed by atoms with E-state index in [1.165, 1.54) is 0 Å². The van der Waals surface area contributed by atoms with E-state index in [1.807, 2.05) is 66.9 Å². The fourth-order valence-corrected chi connectivity index (χ4v) is 2.44. The van der Waals surface area contributed by atoms with Crippen LogP contribution in [0.2, 0.25) is 0 Å². The van der Waals surface area contributed by atoms with Gasteiger partial charge in [0.25, 0.3) is 0 Å². The second-order valence-electron chi connectivity index (χ2n) is 6.14. The van der Waals surface area contributed by atoms with Crippen LogP contribution < -0.4 is 10.6 Å². The molecular formula is C20H22N4. The summed E-state index contributed by atoms with van der Waals surface area (Å²) in [7, 11) is 0. The molecule has 0 aliphatic carbocycles. The minimum Gasteiger partial charge on any atom is -0.337 e. The molecule has 24 heavy (non-hydrogen) atoms. The third-order valence-electron chi connectivity index (χ3n) is 3.51. The number of benzene rings is 2. The smallest absolute Gasteiger partial charge is 0.174 e. The zero-order chi connectivity index (χ0) is 16.8. The van der Waals surface area contributed by atoms with E-state index in [2.05, 4.69) is 29.5 Å². The van der Waals surface area contributed by atoms with E-state index in [0.29, 0.717) is 5.92 Å². The number of hydrogen-bond acceptors (Lipinski definition) is 4. The Bertz CT molecular complexity index is 770. The molecule has 2 aromatic carbocycles. The first-order valence-corrected chi connectivity index (χ1v) is 8.21. The Labute approximate surface area is 143 Å². The average molecular weight is 318 g/mol. The maximum Gasteiger partial charge on any atom is 0.174 e. The van der Waals surface area contributed by atoms with Crippen molar-refractivity contribution in [1.82, 2.24) is 9.97 Å². The standard InChI is InChI=1S/C20H22N4/c1-15(2)13-18-14-21-19(22-16-9-5-3-6-10-16)20(24-18)23-17-11-7-4-8-12-17/h3-12,14-15H,13H2,1-2H3,(H,21,22)(H,23,24). The van der Waals surface area contributed by atoms with E-state index in [0.717, 1.165) is 35.1 Å². The molecule has 0 atom stereocenters. The van der Waals surface area contributed by atoms with E-state index in [1.54, 1.807) is 0 Å². The number of anilines is 4. The highest BCUT2D eigenvalue weighted by Crippen LogP contribution is 2.25. The van der Waals surface area contributed by atoms with Crippen molar-refractivity contribution in [2.24, 2.45) is 5.92 Å². The molecule has 0 saturated heterocycles. The number of nitrogens with zero attached hydrogens (tertiary/aromatic N) is 2. The van der Waals surface area contributed by atoms with Crippen molar-refractivity contribution in [3.8, 4) is 0 Å².